The predicted octanol–water partition coefficient (Wildman–Crippen LogP) is 0.656. The number of aliphatic hydroxyl groups is 2. The Balaban J connectivity index is 2.91. The number of methoxy groups -OCH3 is 1. The molecule has 1 aromatic rings. The molecule has 0 heterocycles. The molecule has 0 spiro atoms. The Bertz CT molecular complexity index is 612. The second-order valence-corrected chi connectivity index (χ2v) is 3.55. The first kappa shape index (κ1) is 11.8. The number of carbonyl (C=O) groups excluding carboxylic acids is 2. The van der Waals surface area contributed by atoms with E-state index in [-0.39, 0.29) is 5.75 Å². The Labute approximate surface area is 100 Å². The van der Waals surface area contributed by atoms with Crippen LogP contribution in [0.2, 0.25) is 0 Å². The molecule has 0 saturated carbocycles. The number of aromatic hydroxyl groups is 2. The molecule has 0 amide bonds. The number of rotatable bonds is 1. The lowest BCUT2D eigenvalue weighted by Crippen LogP contribution is -2.24. The highest BCUT2D eigenvalue weighted by molar-refractivity contribution is 6.52. The molecule has 7 nitrogen and oxygen atoms in total. The van der Waals surface area contributed by atoms with Gasteiger partial charge >= 0.3 is 0 Å². The van der Waals surface area contributed by atoms with Gasteiger partial charge in [-0.15, -0.1) is 0 Å². The van der Waals surface area contributed by atoms with E-state index in [1.54, 1.807) is 0 Å². The van der Waals surface area contributed by atoms with E-state index in [2.05, 4.69) is 0 Å². The van der Waals surface area contributed by atoms with E-state index in [0.29, 0.717) is 0 Å². The number of hydrogen-bond donors (Lipinski definition) is 4. The molecule has 18 heavy (non-hydrogen) atoms. The van der Waals surface area contributed by atoms with Crippen LogP contribution in [0.25, 0.3) is 5.76 Å². The molecule has 2 rings (SSSR count). The molecule has 0 atom stereocenters. The molecule has 1 aliphatic rings. The zero-order chi connectivity index (χ0) is 13.6. The highest BCUT2D eigenvalue weighted by atomic mass is 16.5. The summed E-state index contributed by atoms with van der Waals surface area (Å²) in [5, 5.41) is 38.1. The van der Waals surface area contributed by atoms with Gasteiger partial charge in [-0.3, -0.25) is 9.59 Å². The molecule has 1 aliphatic carbocycles. The van der Waals surface area contributed by atoms with Gasteiger partial charge in [-0.2, -0.15) is 0 Å². The van der Waals surface area contributed by atoms with Crippen molar-refractivity contribution in [3.63, 3.8) is 0 Å². The molecule has 4 N–H and O–H groups in total. The fourth-order valence-electron chi connectivity index (χ4n) is 1.70. The highest BCUT2D eigenvalue weighted by Gasteiger charge is 2.38. The first-order valence-corrected chi connectivity index (χ1v) is 4.74. The molecule has 7 heteroatoms. The average molecular weight is 252 g/mol. The standard InChI is InChI=1S/C11H8O7/c1-18-4-2-3(12)5-6(7(4)13)9(15)11(17)10(16)8(5)14/h2,12-14,16H,1H3. The predicted molar refractivity (Wildman–Crippen MR) is 57.8 cm³/mol. The number of ether oxygens (including phenoxy) is 1. The smallest absolute Gasteiger partial charge is 0.271 e. The number of carbonyl (C=O) groups is 2. The maximum atomic E-state index is 11.6. The average Bonchev–Trinajstić information content (AvgIpc) is 2.35. The van der Waals surface area contributed by atoms with Crippen molar-refractivity contribution in [3.8, 4) is 17.2 Å². The van der Waals surface area contributed by atoms with Crippen molar-refractivity contribution >= 4 is 17.3 Å². The third-order valence-corrected chi connectivity index (χ3v) is 2.57. The van der Waals surface area contributed by atoms with Gasteiger partial charge in [0.2, 0.25) is 11.5 Å². The Hall–Kier alpha value is -2.70. The van der Waals surface area contributed by atoms with Crippen LogP contribution in [0.4, 0.5) is 0 Å². The fourth-order valence-corrected chi connectivity index (χ4v) is 1.70. The van der Waals surface area contributed by atoms with Crippen molar-refractivity contribution < 1.29 is 34.8 Å². The van der Waals surface area contributed by atoms with Crippen LogP contribution in [-0.4, -0.2) is 39.1 Å². The van der Waals surface area contributed by atoms with E-state index >= 15 is 0 Å². The molecule has 0 aliphatic heterocycles. The minimum atomic E-state index is -1.37. The van der Waals surface area contributed by atoms with Gasteiger partial charge in [0.15, 0.2) is 17.3 Å². The summed E-state index contributed by atoms with van der Waals surface area (Å²) in [6, 6.07) is 0.945. The minimum Gasteiger partial charge on any atom is -0.507 e. The molecule has 0 saturated heterocycles. The summed E-state index contributed by atoms with van der Waals surface area (Å²) >= 11 is 0. The lowest BCUT2D eigenvalue weighted by Gasteiger charge is -2.18. The van der Waals surface area contributed by atoms with Gasteiger partial charge in [-0.25, -0.2) is 0 Å². The van der Waals surface area contributed by atoms with Crippen molar-refractivity contribution in [2.45, 2.75) is 0 Å². The van der Waals surface area contributed by atoms with Crippen LogP contribution in [-0.2, 0) is 4.79 Å². The van der Waals surface area contributed by atoms with Crippen LogP contribution in [0.3, 0.4) is 0 Å². The number of fused-ring (bicyclic) bond motifs is 1. The zero-order valence-corrected chi connectivity index (χ0v) is 9.09. The summed E-state index contributed by atoms with van der Waals surface area (Å²) in [6.45, 7) is 0. The fraction of sp³-hybridized carbons (Fsp3) is 0.0909. The van der Waals surface area contributed by atoms with Crippen LogP contribution in [0.5, 0.6) is 17.2 Å². The van der Waals surface area contributed by atoms with Gasteiger partial charge in [0.05, 0.1) is 18.2 Å². The second-order valence-electron chi connectivity index (χ2n) is 3.55. The largest absolute Gasteiger partial charge is 0.507 e. The maximum Gasteiger partial charge on any atom is 0.271 e. The Morgan fingerprint density at radius 2 is 1.56 bits per heavy atom. The van der Waals surface area contributed by atoms with Crippen LogP contribution < -0.4 is 4.74 Å². The Kier molecular flexibility index (Phi) is 2.39. The van der Waals surface area contributed by atoms with Gasteiger partial charge in [0, 0.05) is 6.07 Å². The van der Waals surface area contributed by atoms with Crippen LogP contribution in [0.15, 0.2) is 11.8 Å². The van der Waals surface area contributed by atoms with E-state index in [1.807, 2.05) is 0 Å². The van der Waals surface area contributed by atoms with Crippen molar-refractivity contribution in [3.05, 3.63) is 23.0 Å². The lowest BCUT2D eigenvalue weighted by molar-refractivity contribution is -0.114. The number of hydrogen-bond acceptors (Lipinski definition) is 7. The number of phenols is 2. The van der Waals surface area contributed by atoms with Crippen LogP contribution >= 0.6 is 0 Å². The van der Waals surface area contributed by atoms with Crippen molar-refractivity contribution in [2.75, 3.05) is 7.11 Å². The molecule has 0 fully saturated rings. The van der Waals surface area contributed by atoms with E-state index in [1.165, 1.54) is 7.11 Å². The maximum absolute atomic E-state index is 11.6. The van der Waals surface area contributed by atoms with Crippen molar-refractivity contribution in [2.24, 2.45) is 0 Å². The molecule has 0 bridgehead atoms. The third-order valence-electron chi connectivity index (χ3n) is 2.57. The van der Waals surface area contributed by atoms with Gasteiger partial charge in [-0.05, 0) is 0 Å². The summed E-state index contributed by atoms with van der Waals surface area (Å²) in [5.41, 5.74) is -1.11. The summed E-state index contributed by atoms with van der Waals surface area (Å²) in [4.78, 5) is 22.9. The third kappa shape index (κ3) is 1.30. The SMILES string of the molecule is COc1cc(O)c2c(c1O)C(=O)C(=O)C(O)=C2O. The summed E-state index contributed by atoms with van der Waals surface area (Å²) in [5.74, 6) is -6.29. The van der Waals surface area contributed by atoms with E-state index in [4.69, 9.17) is 4.74 Å². The number of benzene rings is 1. The van der Waals surface area contributed by atoms with Gasteiger partial charge in [-0.1, -0.05) is 0 Å². The van der Waals surface area contributed by atoms with Gasteiger partial charge in [0.25, 0.3) is 5.78 Å². The van der Waals surface area contributed by atoms with Crippen molar-refractivity contribution in [1.82, 2.24) is 0 Å². The number of aliphatic hydroxyl groups excluding tert-OH is 2. The molecular weight excluding hydrogens is 244 g/mol. The van der Waals surface area contributed by atoms with Gasteiger partial charge in [0.1, 0.15) is 5.75 Å². The molecule has 94 valence electrons. The summed E-state index contributed by atoms with van der Waals surface area (Å²) in [7, 11) is 1.18. The van der Waals surface area contributed by atoms with E-state index in [0.717, 1.165) is 6.07 Å². The molecular formula is C11H8O7. The number of phenolic OH excluding ortho intramolecular Hbond substituents is 2. The molecule has 0 aromatic heterocycles. The topological polar surface area (TPSA) is 124 Å². The zero-order valence-electron chi connectivity index (χ0n) is 9.09. The number of Topliss-reactive ketones (excluding diaryl/α,β-unsaturated/α-hetero) is 2. The molecule has 0 unspecified atom stereocenters. The van der Waals surface area contributed by atoms with E-state index < -0.39 is 45.7 Å². The summed E-state index contributed by atoms with van der Waals surface area (Å²) < 4.78 is 4.70. The highest BCUT2D eigenvalue weighted by Crippen LogP contribution is 2.43. The minimum absolute atomic E-state index is 0.235. The summed E-state index contributed by atoms with van der Waals surface area (Å²) in [6.07, 6.45) is 0. The second kappa shape index (κ2) is 3.66. The van der Waals surface area contributed by atoms with Gasteiger partial charge < -0.3 is 25.2 Å². The number of ketones is 2. The first-order chi connectivity index (χ1) is 8.40. The normalized spacial score (nSPS) is 14.7. The molecule has 1 aromatic carbocycles. The quantitative estimate of drug-likeness (QED) is 0.427. The van der Waals surface area contributed by atoms with Crippen molar-refractivity contribution in [1.29, 1.82) is 0 Å². The van der Waals surface area contributed by atoms with Crippen LogP contribution in [0, 0.1) is 0 Å². The first-order valence-electron chi connectivity index (χ1n) is 4.74. The lowest BCUT2D eigenvalue weighted by atomic mass is 9.90. The van der Waals surface area contributed by atoms with Crippen LogP contribution in [0.1, 0.15) is 15.9 Å². The monoisotopic (exact) mass is 252 g/mol. The molecule has 0 radical (unpaired) electrons. The number of allylic oxidation sites excluding steroid dienone is 1. The Morgan fingerprint density at radius 1 is 0.944 bits per heavy atom. The Morgan fingerprint density at radius 3 is 2.11 bits per heavy atom. The van der Waals surface area contributed by atoms with E-state index in [9.17, 15) is 30.0 Å².